The fraction of sp³-hybridized carbons (Fsp3) is 0.250. The van der Waals surface area contributed by atoms with Crippen LogP contribution in [0.4, 0.5) is 11.5 Å². The Bertz CT molecular complexity index is 572. The van der Waals surface area contributed by atoms with Crippen LogP contribution in [0, 0.1) is 6.92 Å². The Labute approximate surface area is 115 Å². The van der Waals surface area contributed by atoms with Crippen molar-refractivity contribution >= 4 is 34.7 Å². The summed E-state index contributed by atoms with van der Waals surface area (Å²) in [5.41, 5.74) is 3.42. The zero-order chi connectivity index (χ0) is 13.1. The molecule has 6 heteroatoms. The maximum absolute atomic E-state index is 5.89. The van der Waals surface area contributed by atoms with E-state index in [1.54, 1.807) is 0 Å². The molecule has 4 nitrogen and oxygen atoms in total. The molecule has 1 aromatic carbocycles. The fourth-order valence-electron chi connectivity index (χ4n) is 1.64. The number of rotatable bonds is 3. The third kappa shape index (κ3) is 2.89. The highest BCUT2D eigenvalue weighted by Crippen LogP contribution is 2.23. The lowest BCUT2D eigenvalue weighted by Crippen LogP contribution is -1.99. The Morgan fingerprint density at radius 2 is 2.00 bits per heavy atom. The highest BCUT2D eigenvalue weighted by molar-refractivity contribution is 6.32. The van der Waals surface area contributed by atoms with E-state index < -0.39 is 0 Å². The molecule has 1 aromatic heterocycles. The summed E-state index contributed by atoms with van der Waals surface area (Å²) in [5.74, 6) is 0.405. The molecular weight excluding hydrogens is 271 g/mol. The first-order valence-corrected chi connectivity index (χ1v) is 6.28. The smallest absolute Gasteiger partial charge is 0.245 e. The van der Waals surface area contributed by atoms with Gasteiger partial charge in [0, 0.05) is 5.69 Å². The highest BCUT2D eigenvalue weighted by Gasteiger charge is 2.07. The summed E-state index contributed by atoms with van der Waals surface area (Å²) in [7, 11) is 0. The van der Waals surface area contributed by atoms with Crippen molar-refractivity contribution in [1.29, 1.82) is 0 Å². The van der Waals surface area contributed by atoms with Crippen molar-refractivity contribution in [2.24, 2.45) is 0 Å². The third-order valence-corrected chi connectivity index (χ3v) is 3.03. The zero-order valence-corrected chi connectivity index (χ0v) is 11.5. The molecule has 0 amide bonds. The molecule has 0 saturated carbocycles. The van der Waals surface area contributed by atoms with E-state index in [9.17, 15) is 0 Å². The van der Waals surface area contributed by atoms with Crippen molar-refractivity contribution in [3.63, 3.8) is 0 Å². The number of benzene rings is 1. The predicted molar refractivity (Wildman–Crippen MR) is 73.7 cm³/mol. The van der Waals surface area contributed by atoms with E-state index in [0.29, 0.717) is 5.82 Å². The lowest BCUT2D eigenvalue weighted by molar-refractivity contribution is 0.974. The number of aryl methyl sites for hydroxylation is 2. The van der Waals surface area contributed by atoms with E-state index in [1.165, 1.54) is 11.1 Å². The van der Waals surface area contributed by atoms with Crippen LogP contribution in [0.15, 0.2) is 18.2 Å². The molecule has 2 aromatic rings. The molecule has 0 unspecified atom stereocenters. The van der Waals surface area contributed by atoms with Crippen LogP contribution in [0.1, 0.15) is 18.1 Å². The summed E-state index contributed by atoms with van der Waals surface area (Å²) in [6.07, 6.45) is 0.970. The second-order valence-electron chi connectivity index (χ2n) is 3.84. The molecule has 0 bridgehead atoms. The van der Waals surface area contributed by atoms with Gasteiger partial charge in [0.15, 0.2) is 11.0 Å². The number of nitrogens with one attached hydrogen (secondary N) is 1. The van der Waals surface area contributed by atoms with Crippen LogP contribution in [0.25, 0.3) is 0 Å². The van der Waals surface area contributed by atoms with Crippen molar-refractivity contribution in [3.8, 4) is 0 Å². The molecule has 2 rings (SSSR count). The summed E-state index contributed by atoms with van der Waals surface area (Å²) >= 11 is 11.6. The Hall–Kier alpha value is -1.39. The predicted octanol–water partition coefficient (Wildman–Crippen LogP) is 3.79. The molecule has 1 N–H and O–H groups in total. The normalized spacial score (nSPS) is 10.4. The lowest BCUT2D eigenvalue weighted by atomic mass is 10.1. The average molecular weight is 283 g/mol. The average Bonchev–Trinajstić information content (AvgIpc) is 2.36. The first-order chi connectivity index (χ1) is 8.60. The van der Waals surface area contributed by atoms with Gasteiger partial charge in [-0.05, 0) is 48.2 Å². The van der Waals surface area contributed by atoms with Crippen LogP contribution in [-0.2, 0) is 6.42 Å². The van der Waals surface area contributed by atoms with Gasteiger partial charge in [-0.2, -0.15) is 4.98 Å². The summed E-state index contributed by atoms with van der Waals surface area (Å²) < 4.78 is 0. The molecule has 0 aliphatic rings. The number of hydrogen-bond donors (Lipinski definition) is 1. The number of anilines is 2. The van der Waals surface area contributed by atoms with E-state index in [1.807, 2.05) is 12.1 Å². The first kappa shape index (κ1) is 13.1. The Morgan fingerprint density at radius 1 is 1.22 bits per heavy atom. The molecule has 18 heavy (non-hydrogen) atoms. The van der Waals surface area contributed by atoms with Crippen molar-refractivity contribution in [3.05, 3.63) is 39.8 Å². The molecule has 1 heterocycles. The van der Waals surface area contributed by atoms with Crippen LogP contribution in [-0.4, -0.2) is 15.2 Å². The Balaban J connectivity index is 2.31. The van der Waals surface area contributed by atoms with Crippen LogP contribution in [0.2, 0.25) is 10.4 Å². The fourth-order valence-corrected chi connectivity index (χ4v) is 1.89. The molecule has 0 fully saturated rings. The van der Waals surface area contributed by atoms with Gasteiger partial charge in [0.05, 0.1) is 0 Å². The molecule has 0 atom stereocenters. The summed E-state index contributed by atoms with van der Waals surface area (Å²) in [6.45, 7) is 4.20. The summed E-state index contributed by atoms with van der Waals surface area (Å²) in [5, 5.41) is 10.6. The van der Waals surface area contributed by atoms with E-state index in [-0.39, 0.29) is 10.4 Å². The SMILES string of the molecule is CCc1cc(Nc2nc(Cl)nnc2Cl)ccc1C. The highest BCUT2D eigenvalue weighted by atomic mass is 35.5. The van der Waals surface area contributed by atoms with Gasteiger partial charge in [0.1, 0.15) is 0 Å². The van der Waals surface area contributed by atoms with Crippen LogP contribution in [0.3, 0.4) is 0 Å². The number of aromatic nitrogens is 3. The minimum atomic E-state index is 0.0599. The van der Waals surface area contributed by atoms with Crippen molar-refractivity contribution in [2.75, 3.05) is 5.32 Å². The quantitative estimate of drug-likeness (QED) is 0.931. The Kier molecular flexibility index (Phi) is 3.99. The van der Waals surface area contributed by atoms with Gasteiger partial charge >= 0.3 is 0 Å². The van der Waals surface area contributed by atoms with Gasteiger partial charge in [-0.3, -0.25) is 0 Å². The molecular formula is C12H12Cl2N4. The Morgan fingerprint density at radius 3 is 2.72 bits per heavy atom. The minimum Gasteiger partial charge on any atom is -0.337 e. The third-order valence-electron chi connectivity index (χ3n) is 2.61. The number of hydrogen-bond acceptors (Lipinski definition) is 4. The molecule has 0 spiro atoms. The van der Waals surface area contributed by atoms with Crippen molar-refractivity contribution in [2.45, 2.75) is 20.3 Å². The molecule has 0 aliphatic carbocycles. The topological polar surface area (TPSA) is 50.7 Å². The molecule has 0 saturated heterocycles. The second kappa shape index (κ2) is 5.50. The lowest BCUT2D eigenvalue weighted by Gasteiger charge is -2.09. The van der Waals surface area contributed by atoms with E-state index in [4.69, 9.17) is 23.2 Å². The van der Waals surface area contributed by atoms with Crippen LogP contribution >= 0.6 is 23.2 Å². The monoisotopic (exact) mass is 282 g/mol. The van der Waals surface area contributed by atoms with Gasteiger partial charge in [-0.15, -0.1) is 10.2 Å². The minimum absolute atomic E-state index is 0.0599. The van der Waals surface area contributed by atoms with Crippen LogP contribution in [0.5, 0.6) is 0 Å². The van der Waals surface area contributed by atoms with E-state index >= 15 is 0 Å². The van der Waals surface area contributed by atoms with Crippen LogP contribution < -0.4 is 5.32 Å². The maximum atomic E-state index is 5.89. The zero-order valence-electron chi connectivity index (χ0n) is 10.0. The van der Waals surface area contributed by atoms with Gasteiger partial charge in [0.25, 0.3) is 0 Å². The van der Waals surface area contributed by atoms with Gasteiger partial charge in [-0.1, -0.05) is 24.6 Å². The van der Waals surface area contributed by atoms with E-state index in [0.717, 1.165) is 12.1 Å². The van der Waals surface area contributed by atoms with Crippen molar-refractivity contribution in [1.82, 2.24) is 15.2 Å². The molecule has 0 aliphatic heterocycles. The second-order valence-corrected chi connectivity index (χ2v) is 4.54. The summed E-state index contributed by atoms with van der Waals surface area (Å²) in [6, 6.07) is 6.06. The molecule has 94 valence electrons. The first-order valence-electron chi connectivity index (χ1n) is 5.52. The van der Waals surface area contributed by atoms with Gasteiger partial charge in [-0.25, -0.2) is 0 Å². The number of nitrogens with zero attached hydrogens (tertiary/aromatic N) is 3. The summed E-state index contributed by atoms with van der Waals surface area (Å²) in [4.78, 5) is 3.99. The van der Waals surface area contributed by atoms with E-state index in [2.05, 4.69) is 40.4 Å². The van der Waals surface area contributed by atoms with Gasteiger partial charge < -0.3 is 5.32 Å². The van der Waals surface area contributed by atoms with Crippen molar-refractivity contribution < 1.29 is 0 Å². The van der Waals surface area contributed by atoms with Gasteiger partial charge in [0.2, 0.25) is 5.28 Å². The largest absolute Gasteiger partial charge is 0.337 e. The maximum Gasteiger partial charge on any atom is 0.245 e. The standard InChI is InChI=1S/C12H12Cl2N4/c1-3-8-6-9(5-4-7(8)2)15-11-10(13)17-18-12(14)16-11/h4-6H,3H2,1-2H3,(H,15,16,18). The molecule has 0 radical (unpaired) electrons. The number of halogens is 2.